The average Bonchev–Trinajstić information content (AvgIpc) is 3.04. The number of amides is 1. The lowest BCUT2D eigenvalue weighted by molar-refractivity contribution is -0.117. The molecule has 0 spiro atoms. The molecule has 4 heteroatoms. The molecule has 3 rings (SSSR count). The molecule has 1 aromatic heterocycles. The van der Waals surface area contributed by atoms with Crippen molar-refractivity contribution >= 4 is 6.41 Å². The van der Waals surface area contributed by atoms with Crippen molar-refractivity contribution in [2.75, 3.05) is 13.1 Å². The molecule has 0 aliphatic carbocycles. The van der Waals surface area contributed by atoms with Gasteiger partial charge in [-0.25, -0.2) is 0 Å². The number of carbonyl (C=O) groups excluding carboxylic acids is 1. The summed E-state index contributed by atoms with van der Waals surface area (Å²) in [6.07, 6.45) is 1.82. The van der Waals surface area contributed by atoms with Gasteiger partial charge in [0.1, 0.15) is 0 Å². The fraction of sp³-hybridized carbons (Fsp3) is 0.294. The van der Waals surface area contributed by atoms with Crippen molar-refractivity contribution in [2.45, 2.75) is 18.9 Å². The number of aliphatic hydroxyl groups excluding tert-OH is 1. The fourth-order valence-corrected chi connectivity index (χ4v) is 2.92. The third-order valence-electron chi connectivity index (χ3n) is 4.04. The van der Waals surface area contributed by atoms with E-state index in [0.717, 1.165) is 36.2 Å². The second-order valence-corrected chi connectivity index (χ2v) is 5.34. The summed E-state index contributed by atoms with van der Waals surface area (Å²) in [5.41, 5.74) is 3.68. The molecule has 0 radical (unpaired) electrons. The van der Waals surface area contributed by atoms with Gasteiger partial charge in [0.2, 0.25) is 6.41 Å². The molecule has 1 saturated heterocycles. The van der Waals surface area contributed by atoms with E-state index in [-0.39, 0.29) is 12.5 Å². The van der Waals surface area contributed by atoms with Gasteiger partial charge in [-0.15, -0.1) is 0 Å². The normalized spacial score (nSPS) is 18.0. The van der Waals surface area contributed by atoms with E-state index >= 15 is 0 Å². The van der Waals surface area contributed by atoms with Crippen LogP contribution in [0.25, 0.3) is 11.3 Å². The van der Waals surface area contributed by atoms with Gasteiger partial charge in [0.25, 0.3) is 0 Å². The van der Waals surface area contributed by atoms with Crippen molar-refractivity contribution in [3.63, 3.8) is 0 Å². The molecule has 1 atom stereocenters. The topological polar surface area (TPSA) is 53.4 Å². The Hall–Kier alpha value is -2.20. The number of hydrogen-bond acceptors (Lipinski definition) is 3. The van der Waals surface area contributed by atoms with Crippen molar-refractivity contribution in [2.24, 2.45) is 0 Å². The summed E-state index contributed by atoms with van der Waals surface area (Å²) in [6, 6.07) is 14.0. The fourth-order valence-electron chi connectivity index (χ4n) is 2.92. The highest BCUT2D eigenvalue weighted by Crippen LogP contribution is 2.30. The van der Waals surface area contributed by atoms with E-state index < -0.39 is 0 Å². The van der Waals surface area contributed by atoms with Crippen LogP contribution in [0.5, 0.6) is 0 Å². The summed E-state index contributed by atoms with van der Waals surface area (Å²) in [6.45, 7) is 1.41. The lowest BCUT2D eigenvalue weighted by atomic mass is 9.96. The van der Waals surface area contributed by atoms with Gasteiger partial charge in [0.15, 0.2) is 0 Å². The molecular weight excluding hydrogens is 264 g/mol. The van der Waals surface area contributed by atoms with Crippen LogP contribution >= 0.6 is 0 Å². The molecule has 1 aliphatic heterocycles. The number of hydrogen-bond donors (Lipinski definition) is 1. The van der Waals surface area contributed by atoms with E-state index in [0.29, 0.717) is 12.2 Å². The highest BCUT2D eigenvalue weighted by atomic mass is 16.3. The first-order chi connectivity index (χ1) is 10.3. The third kappa shape index (κ3) is 2.81. The van der Waals surface area contributed by atoms with Gasteiger partial charge in [-0.1, -0.05) is 36.4 Å². The van der Waals surface area contributed by atoms with E-state index in [1.165, 1.54) is 0 Å². The van der Waals surface area contributed by atoms with Gasteiger partial charge < -0.3 is 10.0 Å². The Morgan fingerprint density at radius 1 is 1.24 bits per heavy atom. The van der Waals surface area contributed by atoms with Crippen LogP contribution in [0.1, 0.15) is 23.6 Å². The summed E-state index contributed by atoms with van der Waals surface area (Å²) < 4.78 is 0. The van der Waals surface area contributed by atoms with Crippen molar-refractivity contribution in [1.29, 1.82) is 0 Å². The van der Waals surface area contributed by atoms with Crippen LogP contribution in [0.15, 0.2) is 42.5 Å². The largest absolute Gasteiger partial charge is 0.390 e. The quantitative estimate of drug-likeness (QED) is 0.875. The Kier molecular flexibility index (Phi) is 3.97. The maximum atomic E-state index is 10.8. The minimum Gasteiger partial charge on any atom is -0.390 e. The molecule has 4 nitrogen and oxygen atoms in total. The maximum absolute atomic E-state index is 10.8. The molecule has 1 amide bonds. The van der Waals surface area contributed by atoms with Crippen molar-refractivity contribution in [3.05, 3.63) is 53.7 Å². The van der Waals surface area contributed by atoms with E-state index in [4.69, 9.17) is 0 Å². The van der Waals surface area contributed by atoms with E-state index in [1.54, 1.807) is 4.90 Å². The number of nitrogens with zero attached hydrogens (tertiary/aromatic N) is 2. The molecular formula is C17H18N2O2. The standard InChI is InChI=1S/C17H18N2O2/c20-11-17-15(14-8-9-19(10-14)12-21)6-7-16(18-17)13-4-2-1-3-5-13/h1-7,12,14,20H,8-11H2. The molecule has 2 aromatic rings. The predicted molar refractivity (Wildman–Crippen MR) is 80.6 cm³/mol. The Balaban J connectivity index is 1.91. The molecule has 1 aliphatic rings. The third-order valence-corrected chi connectivity index (χ3v) is 4.04. The van der Waals surface area contributed by atoms with Gasteiger partial charge in [0, 0.05) is 24.6 Å². The van der Waals surface area contributed by atoms with E-state index in [9.17, 15) is 9.90 Å². The molecule has 21 heavy (non-hydrogen) atoms. The predicted octanol–water partition coefficient (Wildman–Crippen LogP) is 2.19. The number of carbonyl (C=O) groups is 1. The lowest BCUT2D eigenvalue weighted by Gasteiger charge is -2.15. The number of aliphatic hydroxyl groups is 1. The molecule has 1 unspecified atom stereocenters. The van der Waals surface area contributed by atoms with Crippen LogP contribution in [0.3, 0.4) is 0 Å². The smallest absolute Gasteiger partial charge is 0.209 e. The number of rotatable bonds is 4. The summed E-state index contributed by atoms with van der Waals surface area (Å²) in [7, 11) is 0. The lowest BCUT2D eigenvalue weighted by Crippen LogP contribution is -2.18. The molecule has 1 fully saturated rings. The summed E-state index contributed by atoms with van der Waals surface area (Å²) in [5, 5.41) is 9.63. The van der Waals surface area contributed by atoms with Gasteiger partial charge in [-0.2, -0.15) is 0 Å². The van der Waals surface area contributed by atoms with Crippen LogP contribution in [0, 0.1) is 0 Å². The van der Waals surface area contributed by atoms with Crippen molar-refractivity contribution in [1.82, 2.24) is 9.88 Å². The van der Waals surface area contributed by atoms with E-state index in [1.807, 2.05) is 42.5 Å². The Labute approximate surface area is 124 Å². The second kappa shape index (κ2) is 6.06. The van der Waals surface area contributed by atoms with Crippen LogP contribution in [-0.2, 0) is 11.4 Å². The Morgan fingerprint density at radius 2 is 2.05 bits per heavy atom. The zero-order valence-corrected chi connectivity index (χ0v) is 11.8. The van der Waals surface area contributed by atoms with Gasteiger partial charge in [-0.3, -0.25) is 9.78 Å². The SMILES string of the molecule is O=CN1CCC(c2ccc(-c3ccccc3)nc2CO)C1. The zero-order chi connectivity index (χ0) is 14.7. The summed E-state index contributed by atoms with van der Waals surface area (Å²) in [4.78, 5) is 17.2. The maximum Gasteiger partial charge on any atom is 0.209 e. The molecule has 1 N–H and O–H groups in total. The zero-order valence-electron chi connectivity index (χ0n) is 11.8. The van der Waals surface area contributed by atoms with Crippen molar-refractivity contribution < 1.29 is 9.90 Å². The van der Waals surface area contributed by atoms with Crippen LogP contribution < -0.4 is 0 Å². The minimum absolute atomic E-state index is 0.0758. The molecule has 2 heterocycles. The van der Waals surface area contributed by atoms with Gasteiger partial charge >= 0.3 is 0 Å². The molecule has 1 aromatic carbocycles. The number of pyridine rings is 1. The molecule has 0 bridgehead atoms. The Bertz CT molecular complexity index is 628. The van der Waals surface area contributed by atoms with Gasteiger partial charge in [-0.05, 0) is 18.1 Å². The Morgan fingerprint density at radius 3 is 2.71 bits per heavy atom. The van der Waals surface area contributed by atoms with Gasteiger partial charge in [0.05, 0.1) is 18.0 Å². The van der Waals surface area contributed by atoms with Crippen LogP contribution in [0.4, 0.5) is 0 Å². The summed E-state index contributed by atoms with van der Waals surface area (Å²) in [5.74, 6) is 0.273. The molecule has 108 valence electrons. The highest BCUT2D eigenvalue weighted by Gasteiger charge is 2.25. The molecule has 0 saturated carbocycles. The van der Waals surface area contributed by atoms with Crippen molar-refractivity contribution in [3.8, 4) is 11.3 Å². The first-order valence-electron chi connectivity index (χ1n) is 7.17. The van der Waals surface area contributed by atoms with Crippen LogP contribution in [0.2, 0.25) is 0 Å². The first-order valence-corrected chi connectivity index (χ1v) is 7.17. The second-order valence-electron chi connectivity index (χ2n) is 5.34. The average molecular weight is 282 g/mol. The minimum atomic E-state index is -0.0758. The van der Waals surface area contributed by atoms with E-state index in [2.05, 4.69) is 4.98 Å². The number of likely N-dealkylation sites (tertiary alicyclic amines) is 1. The first kappa shape index (κ1) is 13.8. The monoisotopic (exact) mass is 282 g/mol. The number of aromatic nitrogens is 1. The highest BCUT2D eigenvalue weighted by molar-refractivity contribution is 5.59. The van der Waals surface area contributed by atoms with Crippen LogP contribution in [-0.4, -0.2) is 34.5 Å². The number of benzene rings is 1. The summed E-state index contributed by atoms with van der Waals surface area (Å²) >= 11 is 0.